The van der Waals surface area contributed by atoms with Crippen LogP contribution in [0.4, 0.5) is 0 Å². The monoisotopic (exact) mass is 332 g/mol. The van der Waals surface area contributed by atoms with E-state index in [1.54, 1.807) is 24.1 Å². The Morgan fingerprint density at radius 1 is 1.43 bits per heavy atom. The Labute approximate surface area is 142 Å². The van der Waals surface area contributed by atoms with Gasteiger partial charge in [-0.3, -0.25) is 19.8 Å². The Hall–Kier alpha value is -2.34. The van der Waals surface area contributed by atoms with Crippen LogP contribution in [0.3, 0.4) is 0 Å². The summed E-state index contributed by atoms with van der Waals surface area (Å²) in [6.45, 7) is 7.77. The second-order valence-electron chi connectivity index (χ2n) is 4.29. The lowest BCUT2D eigenvalue weighted by molar-refractivity contribution is 0.0953. The van der Waals surface area contributed by atoms with Crippen LogP contribution < -0.4 is 5.32 Å². The molecule has 0 fully saturated rings. The Morgan fingerprint density at radius 2 is 2.22 bits per heavy atom. The SMILES string of the molecule is C/C=C(\N=CC(C)NC(=O)c1cncs1)c1ccccn1.CC.[HH]. The molecule has 1 unspecified atom stereocenters. The molecule has 0 aromatic carbocycles. The summed E-state index contributed by atoms with van der Waals surface area (Å²) in [6, 6.07) is 5.49. The minimum Gasteiger partial charge on any atom is -0.344 e. The quantitative estimate of drug-likeness (QED) is 0.840. The van der Waals surface area contributed by atoms with Crippen LogP contribution in [0.2, 0.25) is 0 Å². The third-order valence-electron chi connectivity index (χ3n) is 2.65. The number of pyridine rings is 1. The molecule has 0 aliphatic heterocycles. The van der Waals surface area contributed by atoms with Gasteiger partial charge in [0.25, 0.3) is 5.91 Å². The van der Waals surface area contributed by atoms with Crippen LogP contribution in [-0.4, -0.2) is 28.1 Å². The summed E-state index contributed by atoms with van der Waals surface area (Å²) in [5.74, 6) is -0.142. The number of hydrogen-bond donors (Lipinski definition) is 1. The Kier molecular flexibility index (Phi) is 8.46. The lowest BCUT2D eigenvalue weighted by atomic mass is 10.2. The molecule has 1 N–H and O–H groups in total. The molecular weight excluding hydrogens is 308 g/mol. The van der Waals surface area contributed by atoms with E-state index in [-0.39, 0.29) is 13.4 Å². The van der Waals surface area contributed by atoms with Gasteiger partial charge in [0.2, 0.25) is 0 Å². The van der Waals surface area contributed by atoms with Gasteiger partial charge in [-0.15, -0.1) is 11.3 Å². The number of thiazole rings is 1. The molecule has 0 saturated carbocycles. The van der Waals surface area contributed by atoms with Crippen LogP contribution in [0.5, 0.6) is 0 Å². The smallest absolute Gasteiger partial charge is 0.263 e. The minimum atomic E-state index is -0.182. The molecule has 0 aliphatic rings. The highest BCUT2D eigenvalue weighted by Gasteiger charge is 2.09. The first kappa shape index (κ1) is 18.7. The molecule has 0 aliphatic carbocycles. The maximum atomic E-state index is 11.9. The molecule has 2 heterocycles. The van der Waals surface area contributed by atoms with E-state index in [0.717, 1.165) is 11.4 Å². The molecular formula is C17H24N4OS. The first-order valence-electron chi connectivity index (χ1n) is 7.52. The molecule has 2 rings (SSSR count). The number of nitrogens with zero attached hydrogens (tertiary/aromatic N) is 3. The number of allylic oxidation sites excluding steroid dienone is 1. The van der Waals surface area contributed by atoms with Crippen molar-refractivity contribution in [3.05, 3.63) is 52.8 Å². The highest BCUT2D eigenvalue weighted by Crippen LogP contribution is 2.11. The van der Waals surface area contributed by atoms with E-state index in [1.807, 2.05) is 52.0 Å². The van der Waals surface area contributed by atoms with E-state index in [4.69, 9.17) is 0 Å². The van der Waals surface area contributed by atoms with Crippen LogP contribution in [-0.2, 0) is 0 Å². The summed E-state index contributed by atoms with van der Waals surface area (Å²) >= 11 is 1.31. The van der Waals surface area contributed by atoms with Crippen LogP contribution in [0.1, 0.15) is 44.5 Å². The highest BCUT2D eigenvalue weighted by atomic mass is 32.1. The fourth-order valence-corrected chi connectivity index (χ4v) is 2.16. The number of nitrogens with one attached hydrogen (secondary N) is 1. The predicted molar refractivity (Wildman–Crippen MR) is 98.9 cm³/mol. The zero-order chi connectivity index (χ0) is 17.1. The fraction of sp³-hybridized carbons (Fsp3) is 0.294. The number of carbonyl (C=O) groups is 1. The van der Waals surface area contributed by atoms with Gasteiger partial charge in [-0.1, -0.05) is 26.0 Å². The molecule has 0 radical (unpaired) electrons. The fourth-order valence-electron chi connectivity index (χ4n) is 1.64. The standard InChI is InChI=1S/C15H16N4OS.C2H6.H2/c1-3-12(13-6-4-5-7-17-13)18-8-11(2)19-15(20)14-9-16-10-21-14;1-2;/h3-11H,1-2H3,(H,19,20);1-2H3;1H/b12-3-,18-8?;;. The van der Waals surface area contributed by atoms with Gasteiger partial charge in [-0.05, 0) is 26.0 Å². The van der Waals surface area contributed by atoms with Gasteiger partial charge in [-0.2, -0.15) is 0 Å². The normalized spacial score (nSPS) is 12.4. The van der Waals surface area contributed by atoms with Crippen LogP contribution in [0.25, 0.3) is 5.70 Å². The first-order valence-corrected chi connectivity index (χ1v) is 8.40. The molecule has 0 spiro atoms. The number of aromatic nitrogens is 2. The van der Waals surface area contributed by atoms with E-state index >= 15 is 0 Å². The van der Waals surface area contributed by atoms with Gasteiger partial charge in [-0.25, -0.2) is 0 Å². The van der Waals surface area contributed by atoms with E-state index in [9.17, 15) is 4.79 Å². The summed E-state index contributed by atoms with van der Waals surface area (Å²) in [6.07, 6.45) is 6.86. The average molecular weight is 332 g/mol. The topological polar surface area (TPSA) is 67.2 Å². The Morgan fingerprint density at radius 3 is 2.78 bits per heavy atom. The molecule has 0 saturated heterocycles. The number of amides is 1. The molecule has 124 valence electrons. The summed E-state index contributed by atoms with van der Waals surface area (Å²) in [7, 11) is 0. The molecule has 2 aromatic heterocycles. The van der Waals surface area contributed by atoms with E-state index in [0.29, 0.717) is 4.88 Å². The van der Waals surface area contributed by atoms with Crippen LogP contribution >= 0.6 is 11.3 Å². The maximum Gasteiger partial charge on any atom is 0.263 e. The number of carbonyl (C=O) groups excluding carboxylic acids is 1. The third-order valence-corrected chi connectivity index (χ3v) is 3.42. The number of rotatable bonds is 5. The van der Waals surface area contributed by atoms with Crippen molar-refractivity contribution in [1.29, 1.82) is 0 Å². The van der Waals surface area contributed by atoms with Crippen molar-refractivity contribution in [2.45, 2.75) is 33.7 Å². The predicted octanol–water partition coefficient (Wildman–Crippen LogP) is 4.06. The van der Waals surface area contributed by atoms with Gasteiger partial charge in [0, 0.05) is 13.8 Å². The maximum absolute atomic E-state index is 11.9. The lowest BCUT2D eigenvalue weighted by Gasteiger charge is -2.08. The zero-order valence-corrected chi connectivity index (χ0v) is 14.7. The van der Waals surface area contributed by atoms with Gasteiger partial charge < -0.3 is 5.32 Å². The number of hydrogen-bond acceptors (Lipinski definition) is 5. The first-order chi connectivity index (χ1) is 11.2. The zero-order valence-electron chi connectivity index (χ0n) is 13.9. The molecule has 23 heavy (non-hydrogen) atoms. The summed E-state index contributed by atoms with van der Waals surface area (Å²) < 4.78 is 0. The highest BCUT2D eigenvalue weighted by molar-refractivity contribution is 7.11. The number of aliphatic imine (C=N–C) groups is 1. The van der Waals surface area contributed by atoms with Gasteiger partial charge in [0.15, 0.2) is 0 Å². The van der Waals surface area contributed by atoms with Gasteiger partial charge in [0.1, 0.15) is 4.88 Å². The van der Waals surface area contributed by atoms with E-state index in [1.165, 1.54) is 11.3 Å². The lowest BCUT2D eigenvalue weighted by Crippen LogP contribution is -2.33. The van der Waals surface area contributed by atoms with Crippen molar-refractivity contribution >= 4 is 29.2 Å². The molecule has 2 aromatic rings. The van der Waals surface area contributed by atoms with E-state index < -0.39 is 0 Å². The summed E-state index contributed by atoms with van der Waals surface area (Å²) in [5.41, 5.74) is 3.21. The van der Waals surface area contributed by atoms with Crippen molar-refractivity contribution in [3.63, 3.8) is 0 Å². The van der Waals surface area contributed by atoms with Crippen LogP contribution in [0.15, 0.2) is 47.2 Å². The molecule has 5 nitrogen and oxygen atoms in total. The van der Waals surface area contributed by atoms with Crippen molar-refractivity contribution in [2.24, 2.45) is 4.99 Å². The van der Waals surface area contributed by atoms with Crippen molar-refractivity contribution < 1.29 is 6.22 Å². The van der Waals surface area contributed by atoms with Gasteiger partial charge >= 0.3 is 0 Å². The van der Waals surface area contributed by atoms with Crippen molar-refractivity contribution in [2.75, 3.05) is 0 Å². The third kappa shape index (κ3) is 6.12. The minimum absolute atomic E-state index is 0. The summed E-state index contributed by atoms with van der Waals surface area (Å²) in [5, 5.41) is 2.85. The Balaban J connectivity index is 0.00000170. The van der Waals surface area contributed by atoms with Crippen molar-refractivity contribution in [1.82, 2.24) is 15.3 Å². The largest absolute Gasteiger partial charge is 0.344 e. The van der Waals surface area contributed by atoms with Crippen LogP contribution in [0, 0.1) is 0 Å². The molecule has 0 bridgehead atoms. The average Bonchev–Trinajstić information content (AvgIpc) is 3.13. The van der Waals surface area contributed by atoms with Crippen molar-refractivity contribution in [3.8, 4) is 0 Å². The second kappa shape index (κ2) is 10.4. The van der Waals surface area contributed by atoms with E-state index in [2.05, 4.69) is 20.3 Å². The van der Waals surface area contributed by atoms with Gasteiger partial charge in [0.05, 0.1) is 29.1 Å². The molecule has 1 atom stereocenters. The Bertz CT molecular complexity index is 642. The summed E-state index contributed by atoms with van der Waals surface area (Å²) in [4.78, 5) is 25.0. The second-order valence-corrected chi connectivity index (χ2v) is 5.18. The molecule has 1 amide bonds. The molecule has 6 heteroatoms.